The van der Waals surface area contributed by atoms with Crippen LogP contribution in [0.3, 0.4) is 0 Å². The summed E-state index contributed by atoms with van der Waals surface area (Å²) in [6.07, 6.45) is 0. The summed E-state index contributed by atoms with van der Waals surface area (Å²) in [7, 11) is 0. The second-order valence-electron chi connectivity index (χ2n) is 3.75. The van der Waals surface area contributed by atoms with Crippen LogP contribution in [0.5, 0.6) is 5.75 Å². The van der Waals surface area contributed by atoms with E-state index in [1.807, 2.05) is 22.6 Å². The van der Waals surface area contributed by atoms with Gasteiger partial charge in [0.05, 0.1) is 3.57 Å². The van der Waals surface area contributed by atoms with E-state index in [0.29, 0.717) is 3.57 Å². The molecule has 1 amide bonds. The van der Waals surface area contributed by atoms with Gasteiger partial charge in [0.15, 0.2) is 11.6 Å². The van der Waals surface area contributed by atoms with Crippen molar-refractivity contribution < 1.29 is 18.7 Å². The first-order valence-corrected chi connectivity index (χ1v) is 6.30. The third kappa shape index (κ3) is 3.19. The van der Waals surface area contributed by atoms with Gasteiger partial charge in [-0.05, 0) is 52.9 Å². The van der Waals surface area contributed by atoms with Crippen molar-refractivity contribution in [3.8, 4) is 5.75 Å². The topological polar surface area (TPSA) is 49.3 Å². The molecule has 6 heteroatoms. The first kappa shape index (κ1) is 13.7. The van der Waals surface area contributed by atoms with E-state index in [4.69, 9.17) is 0 Å². The zero-order chi connectivity index (χ0) is 14.0. The number of rotatable bonds is 2. The maximum atomic E-state index is 13.0. The number of carbonyl (C=O) groups excluding carboxylic acids is 1. The maximum absolute atomic E-state index is 13.0. The van der Waals surface area contributed by atoms with Crippen molar-refractivity contribution >= 4 is 34.2 Å². The molecule has 0 fully saturated rings. The van der Waals surface area contributed by atoms with Gasteiger partial charge < -0.3 is 10.4 Å². The van der Waals surface area contributed by atoms with E-state index in [0.717, 1.165) is 12.1 Å². The molecule has 0 radical (unpaired) electrons. The molecule has 0 unspecified atom stereocenters. The second-order valence-corrected chi connectivity index (χ2v) is 4.91. The fraction of sp³-hybridized carbons (Fsp3) is 0. The summed E-state index contributed by atoms with van der Waals surface area (Å²) >= 11 is 1.92. The van der Waals surface area contributed by atoms with Crippen LogP contribution in [-0.4, -0.2) is 11.0 Å². The van der Waals surface area contributed by atoms with Gasteiger partial charge >= 0.3 is 0 Å². The number of benzene rings is 2. The minimum Gasteiger partial charge on any atom is -0.507 e. The van der Waals surface area contributed by atoms with Crippen molar-refractivity contribution in [2.45, 2.75) is 0 Å². The number of phenolic OH excluding ortho intramolecular Hbond substituents is 1. The van der Waals surface area contributed by atoms with Gasteiger partial charge in [-0.1, -0.05) is 0 Å². The van der Waals surface area contributed by atoms with Gasteiger partial charge in [0.25, 0.3) is 5.91 Å². The molecule has 0 bridgehead atoms. The molecule has 0 aliphatic rings. The second kappa shape index (κ2) is 5.52. The van der Waals surface area contributed by atoms with Crippen LogP contribution in [-0.2, 0) is 0 Å². The molecular formula is C13H8F2INO2. The molecule has 0 aromatic heterocycles. The fourth-order valence-corrected chi connectivity index (χ4v) is 1.77. The van der Waals surface area contributed by atoms with Gasteiger partial charge in [-0.2, -0.15) is 0 Å². The molecule has 3 nitrogen and oxygen atoms in total. The van der Waals surface area contributed by atoms with Gasteiger partial charge in [-0.3, -0.25) is 4.79 Å². The van der Waals surface area contributed by atoms with Crippen LogP contribution in [0, 0.1) is 15.2 Å². The number of phenols is 1. The average molecular weight is 375 g/mol. The summed E-state index contributed by atoms with van der Waals surface area (Å²) in [5, 5.41) is 11.9. The summed E-state index contributed by atoms with van der Waals surface area (Å²) in [6.45, 7) is 0. The van der Waals surface area contributed by atoms with Gasteiger partial charge in [0, 0.05) is 17.3 Å². The Morgan fingerprint density at radius 2 is 1.84 bits per heavy atom. The average Bonchev–Trinajstić information content (AvgIpc) is 2.37. The van der Waals surface area contributed by atoms with Crippen molar-refractivity contribution in [2.75, 3.05) is 5.32 Å². The van der Waals surface area contributed by atoms with Crippen LogP contribution in [0.4, 0.5) is 14.5 Å². The van der Waals surface area contributed by atoms with E-state index in [1.165, 1.54) is 18.2 Å². The fourth-order valence-electron chi connectivity index (χ4n) is 1.43. The molecular weight excluding hydrogens is 367 g/mol. The number of hydrogen-bond donors (Lipinski definition) is 2. The lowest BCUT2D eigenvalue weighted by atomic mass is 10.2. The third-order valence-corrected chi connectivity index (χ3v) is 3.30. The van der Waals surface area contributed by atoms with Crippen molar-refractivity contribution in [2.24, 2.45) is 0 Å². The number of amides is 1. The molecule has 0 saturated carbocycles. The minimum atomic E-state index is -1.04. The Bertz CT molecular complexity index is 647. The van der Waals surface area contributed by atoms with Crippen LogP contribution in [0.25, 0.3) is 0 Å². The first-order valence-electron chi connectivity index (χ1n) is 5.22. The van der Waals surface area contributed by atoms with Crippen molar-refractivity contribution in [1.82, 2.24) is 0 Å². The smallest absolute Gasteiger partial charge is 0.255 e. The highest BCUT2D eigenvalue weighted by Gasteiger charge is 2.10. The van der Waals surface area contributed by atoms with Crippen molar-refractivity contribution in [1.29, 1.82) is 0 Å². The van der Waals surface area contributed by atoms with Crippen molar-refractivity contribution in [3.05, 3.63) is 57.2 Å². The Balaban J connectivity index is 2.20. The Kier molecular flexibility index (Phi) is 3.98. The van der Waals surface area contributed by atoms with Crippen LogP contribution >= 0.6 is 22.6 Å². The largest absolute Gasteiger partial charge is 0.507 e. The molecule has 98 valence electrons. The Morgan fingerprint density at radius 1 is 1.11 bits per heavy atom. The lowest BCUT2D eigenvalue weighted by molar-refractivity contribution is 0.102. The van der Waals surface area contributed by atoms with Gasteiger partial charge in [-0.25, -0.2) is 8.78 Å². The lowest BCUT2D eigenvalue weighted by Crippen LogP contribution is -2.12. The lowest BCUT2D eigenvalue weighted by Gasteiger charge is -2.06. The first-order chi connectivity index (χ1) is 8.97. The molecule has 0 aliphatic heterocycles. The highest BCUT2D eigenvalue weighted by molar-refractivity contribution is 14.1. The molecule has 0 aliphatic carbocycles. The molecule has 2 aromatic rings. The summed E-state index contributed by atoms with van der Waals surface area (Å²) in [5.41, 5.74) is 0.365. The van der Waals surface area contributed by atoms with Crippen LogP contribution in [0.2, 0.25) is 0 Å². The van der Waals surface area contributed by atoms with E-state index in [1.54, 1.807) is 6.07 Å². The molecule has 0 spiro atoms. The minimum absolute atomic E-state index is 0.0152. The molecule has 2 N–H and O–H groups in total. The van der Waals surface area contributed by atoms with Crippen molar-refractivity contribution in [3.63, 3.8) is 0 Å². The highest BCUT2D eigenvalue weighted by atomic mass is 127. The zero-order valence-corrected chi connectivity index (χ0v) is 11.6. The normalized spacial score (nSPS) is 10.3. The van der Waals surface area contributed by atoms with Crippen LogP contribution in [0.15, 0.2) is 36.4 Å². The van der Waals surface area contributed by atoms with E-state index < -0.39 is 17.5 Å². The van der Waals surface area contributed by atoms with Gasteiger partial charge in [0.1, 0.15) is 5.75 Å². The highest BCUT2D eigenvalue weighted by Crippen LogP contribution is 2.21. The predicted octanol–water partition coefficient (Wildman–Crippen LogP) is 3.53. The standard InChI is InChI=1S/C13H8F2INO2/c14-9-3-2-8(6-10(9)15)17-13(19)7-1-4-11(16)12(18)5-7/h1-6,18H,(H,17,19). The summed E-state index contributed by atoms with van der Waals surface area (Å²) in [4.78, 5) is 11.8. The third-order valence-electron chi connectivity index (χ3n) is 2.39. The van der Waals surface area contributed by atoms with Crippen LogP contribution < -0.4 is 5.32 Å². The monoisotopic (exact) mass is 375 g/mol. The van der Waals surface area contributed by atoms with Gasteiger partial charge in [0.2, 0.25) is 0 Å². The Morgan fingerprint density at radius 3 is 2.47 bits per heavy atom. The summed E-state index contributed by atoms with van der Waals surface area (Å²) in [5.74, 6) is -2.55. The number of hydrogen-bond acceptors (Lipinski definition) is 2. The maximum Gasteiger partial charge on any atom is 0.255 e. The van der Waals surface area contributed by atoms with E-state index in [9.17, 15) is 18.7 Å². The number of aromatic hydroxyl groups is 1. The number of carbonyl (C=O) groups is 1. The van der Waals surface area contributed by atoms with E-state index in [-0.39, 0.29) is 17.0 Å². The van der Waals surface area contributed by atoms with Crippen LogP contribution in [0.1, 0.15) is 10.4 Å². The SMILES string of the molecule is O=C(Nc1ccc(F)c(F)c1)c1ccc(I)c(O)c1. The Hall–Kier alpha value is -1.70. The molecule has 19 heavy (non-hydrogen) atoms. The Labute approximate surface area is 121 Å². The molecule has 0 atom stereocenters. The summed E-state index contributed by atoms with van der Waals surface area (Å²) < 4.78 is 26.3. The van der Waals surface area contributed by atoms with E-state index >= 15 is 0 Å². The summed E-state index contributed by atoms with van der Waals surface area (Å²) in [6, 6.07) is 7.47. The quantitative estimate of drug-likeness (QED) is 0.790. The molecule has 0 heterocycles. The molecule has 2 aromatic carbocycles. The number of anilines is 1. The predicted molar refractivity (Wildman–Crippen MR) is 75.1 cm³/mol. The zero-order valence-electron chi connectivity index (χ0n) is 9.45. The van der Waals surface area contributed by atoms with Gasteiger partial charge in [-0.15, -0.1) is 0 Å². The van der Waals surface area contributed by atoms with E-state index in [2.05, 4.69) is 5.32 Å². The molecule has 2 rings (SSSR count). The molecule has 0 saturated heterocycles. The number of nitrogens with one attached hydrogen (secondary N) is 1. The number of halogens is 3.